The molecule has 2 amide bonds. The number of aliphatic hydroxyl groups excluding tert-OH is 1. The second-order valence-electron chi connectivity index (χ2n) is 9.45. The quantitative estimate of drug-likeness (QED) is 0.250. The van der Waals surface area contributed by atoms with Crippen LogP contribution in [0.3, 0.4) is 0 Å². The highest BCUT2D eigenvalue weighted by Crippen LogP contribution is 2.66. The summed E-state index contributed by atoms with van der Waals surface area (Å²) in [5.74, 6) is -2.15. The Balaban J connectivity index is 1.64. The molecule has 3 fully saturated rings. The van der Waals surface area contributed by atoms with Crippen LogP contribution in [0.2, 0.25) is 5.02 Å². The average Bonchev–Trinajstić information content (AvgIpc) is 3.50. The van der Waals surface area contributed by atoms with Crippen molar-refractivity contribution in [3.05, 3.63) is 54.6 Å². The monoisotopic (exact) mass is 532 g/mol. The molecule has 3 aliphatic rings. The van der Waals surface area contributed by atoms with Gasteiger partial charge >= 0.3 is 5.97 Å². The number of halogens is 1. The van der Waals surface area contributed by atoms with Crippen LogP contribution >= 0.6 is 23.4 Å². The van der Waals surface area contributed by atoms with Crippen LogP contribution in [0.25, 0.3) is 0 Å². The Hall–Kier alpha value is -2.29. The number of ether oxygens (including phenoxy) is 1. The summed E-state index contributed by atoms with van der Waals surface area (Å²) in [6, 6.07) is 6.24. The minimum atomic E-state index is -0.821. The first kappa shape index (κ1) is 26.8. The molecular formula is C27H33ClN2O5S. The highest BCUT2D eigenvalue weighted by Gasteiger charge is 2.74. The number of carbonyl (C=O) groups is 3. The van der Waals surface area contributed by atoms with Gasteiger partial charge in [-0.2, -0.15) is 0 Å². The summed E-state index contributed by atoms with van der Waals surface area (Å²) in [6.45, 7) is 7.76. The van der Waals surface area contributed by atoms with Crippen molar-refractivity contribution in [2.75, 3.05) is 31.2 Å². The number of carbonyl (C=O) groups excluding carboxylic acids is 3. The van der Waals surface area contributed by atoms with Crippen molar-refractivity contribution in [1.29, 1.82) is 0 Å². The van der Waals surface area contributed by atoms with Crippen LogP contribution in [0.1, 0.15) is 32.1 Å². The minimum absolute atomic E-state index is 0.0203. The number of β-amino-alcohol motifs (C(OH)–C–C–N with tert-alkyl or cyclic N) is 1. The highest BCUT2D eigenvalue weighted by atomic mass is 35.5. The van der Waals surface area contributed by atoms with E-state index in [0.717, 1.165) is 25.7 Å². The van der Waals surface area contributed by atoms with Crippen LogP contribution in [0.5, 0.6) is 0 Å². The van der Waals surface area contributed by atoms with Crippen LogP contribution in [-0.4, -0.2) is 70.1 Å². The number of nitrogens with zero attached hydrogens (tertiary/aromatic N) is 2. The van der Waals surface area contributed by atoms with E-state index < -0.39 is 22.6 Å². The van der Waals surface area contributed by atoms with E-state index in [9.17, 15) is 19.5 Å². The van der Waals surface area contributed by atoms with E-state index in [1.165, 1.54) is 4.90 Å². The van der Waals surface area contributed by atoms with Crippen LogP contribution in [-0.2, 0) is 19.1 Å². The lowest BCUT2D eigenvalue weighted by Gasteiger charge is -2.37. The first-order valence-electron chi connectivity index (χ1n) is 12.4. The zero-order chi connectivity index (χ0) is 25.9. The largest absolute Gasteiger partial charge is 0.465 e. The third-order valence-corrected chi connectivity index (χ3v) is 9.69. The van der Waals surface area contributed by atoms with Crippen LogP contribution in [0.4, 0.5) is 5.69 Å². The number of esters is 1. The standard InChI is InChI=1S/C27H33ClN2O5S/c1-3-5-6-9-17-35-26(34)21-20-12-13-27(36-20)22(21)24(32)30(15-16-31)23(27)25(33)29(14-4-2)19-11-8-7-10-18(19)28/h3-4,7-8,10-11,20-23,31H,1-2,5-6,9,12-17H2/t20-,21+,22+,23?,27?/m1/s1. The number of benzene rings is 1. The normalized spacial score (nSPS) is 28.2. The Morgan fingerprint density at radius 2 is 2.06 bits per heavy atom. The van der Waals surface area contributed by atoms with E-state index in [0.29, 0.717) is 23.7 Å². The van der Waals surface area contributed by atoms with Crippen molar-refractivity contribution in [2.45, 2.75) is 48.1 Å². The molecule has 4 rings (SSSR count). The van der Waals surface area contributed by atoms with Gasteiger partial charge in [0.1, 0.15) is 6.04 Å². The van der Waals surface area contributed by atoms with Crippen LogP contribution in [0, 0.1) is 11.8 Å². The molecule has 0 radical (unpaired) electrons. The Labute approximate surface area is 221 Å². The van der Waals surface area contributed by atoms with Crippen molar-refractivity contribution in [3.63, 3.8) is 0 Å². The van der Waals surface area contributed by atoms with Gasteiger partial charge in [0.2, 0.25) is 5.91 Å². The van der Waals surface area contributed by atoms with Gasteiger partial charge in [0.15, 0.2) is 0 Å². The maximum atomic E-state index is 14.2. The Morgan fingerprint density at radius 3 is 2.75 bits per heavy atom. The molecule has 3 saturated heterocycles. The van der Waals surface area contributed by atoms with Gasteiger partial charge in [-0.3, -0.25) is 14.4 Å². The fourth-order valence-corrected chi connectivity index (χ4v) is 8.40. The second kappa shape index (κ2) is 11.4. The summed E-state index contributed by atoms with van der Waals surface area (Å²) in [5.41, 5.74) is 0.536. The molecule has 5 atom stereocenters. The zero-order valence-electron chi connectivity index (χ0n) is 20.3. The van der Waals surface area contributed by atoms with Crippen molar-refractivity contribution < 1.29 is 24.2 Å². The Morgan fingerprint density at radius 1 is 1.28 bits per heavy atom. The fourth-order valence-electron chi connectivity index (χ4n) is 5.96. The molecule has 0 aromatic heterocycles. The minimum Gasteiger partial charge on any atom is -0.465 e. The Kier molecular flexibility index (Phi) is 8.48. The number of likely N-dealkylation sites (tertiary alicyclic amines) is 1. The topological polar surface area (TPSA) is 87.1 Å². The molecule has 1 spiro atoms. The lowest BCUT2D eigenvalue weighted by Crippen LogP contribution is -2.55. The van der Waals surface area contributed by atoms with Gasteiger partial charge in [0, 0.05) is 18.3 Å². The number of fused-ring (bicyclic) bond motifs is 1. The molecule has 9 heteroatoms. The SMILES string of the molecule is C=CCCCCOC(=O)[C@@H]1[C@H]2C(=O)N(CCO)C(C(=O)N(CC=C)c3ccccc3Cl)C23CC[C@H]1S3. The van der Waals surface area contributed by atoms with E-state index in [-0.39, 0.29) is 42.7 Å². The molecule has 1 N–H and O–H groups in total. The van der Waals surface area contributed by atoms with Crippen molar-refractivity contribution in [2.24, 2.45) is 11.8 Å². The highest BCUT2D eigenvalue weighted by molar-refractivity contribution is 8.02. The van der Waals surface area contributed by atoms with E-state index >= 15 is 0 Å². The molecule has 1 aromatic carbocycles. The number of para-hydroxylation sites is 1. The summed E-state index contributed by atoms with van der Waals surface area (Å²) in [6.07, 6.45) is 7.30. The van der Waals surface area contributed by atoms with E-state index in [1.807, 2.05) is 6.08 Å². The summed E-state index contributed by atoms with van der Waals surface area (Å²) >= 11 is 8.02. The molecular weight excluding hydrogens is 500 g/mol. The maximum Gasteiger partial charge on any atom is 0.310 e. The number of amides is 2. The number of aliphatic hydroxyl groups is 1. The predicted molar refractivity (Wildman–Crippen MR) is 142 cm³/mol. The number of thioether (sulfide) groups is 1. The third kappa shape index (κ3) is 4.59. The van der Waals surface area contributed by atoms with Gasteiger partial charge in [0.25, 0.3) is 5.91 Å². The first-order valence-corrected chi connectivity index (χ1v) is 13.7. The fraction of sp³-hybridized carbons (Fsp3) is 0.519. The molecule has 7 nitrogen and oxygen atoms in total. The van der Waals surface area contributed by atoms with Crippen molar-refractivity contribution >= 4 is 46.8 Å². The molecule has 0 aliphatic carbocycles. The summed E-state index contributed by atoms with van der Waals surface area (Å²) in [5, 5.41) is 10.1. The maximum absolute atomic E-state index is 14.2. The number of hydrogen-bond acceptors (Lipinski definition) is 6. The van der Waals surface area contributed by atoms with E-state index in [2.05, 4.69) is 13.2 Å². The van der Waals surface area contributed by atoms with Gasteiger partial charge in [0.05, 0.1) is 40.5 Å². The number of unbranched alkanes of at least 4 members (excludes halogenated alkanes) is 2. The third-order valence-electron chi connectivity index (χ3n) is 7.41. The molecule has 1 aromatic rings. The van der Waals surface area contributed by atoms with Crippen molar-refractivity contribution in [1.82, 2.24) is 4.90 Å². The second-order valence-corrected chi connectivity index (χ2v) is 11.5. The van der Waals surface area contributed by atoms with Gasteiger partial charge < -0.3 is 19.6 Å². The van der Waals surface area contributed by atoms with E-state index in [4.69, 9.17) is 16.3 Å². The van der Waals surface area contributed by atoms with Gasteiger partial charge in [-0.1, -0.05) is 35.9 Å². The molecule has 0 saturated carbocycles. The summed E-state index contributed by atoms with van der Waals surface area (Å²) in [4.78, 5) is 44.2. The number of rotatable bonds is 12. The van der Waals surface area contributed by atoms with Crippen molar-refractivity contribution in [3.8, 4) is 0 Å². The number of anilines is 1. The summed E-state index contributed by atoms with van der Waals surface area (Å²) in [7, 11) is 0. The molecule has 36 heavy (non-hydrogen) atoms. The van der Waals surface area contributed by atoms with Gasteiger partial charge in [-0.25, -0.2) is 0 Å². The molecule has 3 heterocycles. The Bertz CT molecular complexity index is 1040. The van der Waals surface area contributed by atoms with E-state index in [1.54, 1.807) is 47.0 Å². The van der Waals surface area contributed by atoms with Gasteiger partial charge in [-0.15, -0.1) is 24.9 Å². The van der Waals surface area contributed by atoms with Crippen LogP contribution in [0.15, 0.2) is 49.6 Å². The molecule has 2 unspecified atom stereocenters. The lowest BCUT2D eigenvalue weighted by molar-refractivity contribution is -0.154. The smallest absolute Gasteiger partial charge is 0.310 e. The van der Waals surface area contributed by atoms with Crippen LogP contribution < -0.4 is 4.90 Å². The first-order chi connectivity index (χ1) is 17.4. The predicted octanol–water partition coefficient (Wildman–Crippen LogP) is 3.84. The molecule has 2 bridgehead atoms. The number of allylic oxidation sites excluding steroid dienone is 1. The lowest BCUT2D eigenvalue weighted by atomic mass is 9.71. The summed E-state index contributed by atoms with van der Waals surface area (Å²) < 4.78 is 4.86. The average molecular weight is 533 g/mol. The molecule has 3 aliphatic heterocycles. The van der Waals surface area contributed by atoms with Gasteiger partial charge in [-0.05, 0) is 44.2 Å². The number of hydrogen-bond donors (Lipinski definition) is 1. The molecule has 194 valence electrons. The zero-order valence-corrected chi connectivity index (χ0v) is 21.9.